The summed E-state index contributed by atoms with van der Waals surface area (Å²) in [6.07, 6.45) is -4.77. The fourth-order valence-corrected chi connectivity index (χ4v) is 1.30. The van der Waals surface area contributed by atoms with E-state index < -0.39 is 29.1 Å². The quantitative estimate of drug-likeness (QED) is 0.606. The zero-order valence-electron chi connectivity index (χ0n) is 9.19. The monoisotopic (exact) mass is 250 g/mol. The second-order valence-corrected chi connectivity index (χ2v) is 3.32. The minimum atomic E-state index is -4.77. The molecule has 0 amide bonds. The molecule has 0 bridgehead atoms. The summed E-state index contributed by atoms with van der Waals surface area (Å²) in [6, 6.07) is 1.33. The van der Waals surface area contributed by atoms with Crippen LogP contribution in [0.4, 0.5) is 17.6 Å². The van der Waals surface area contributed by atoms with Crippen LogP contribution in [0.2, 0.25) is 0 Å². The number of hydrogen-bond acceptors (Lipinski definition) is 2. The number of rotatable bonds is 3. The molecule has 0 aliphatic carbocycles. The molecular formula is C11H10F4O2. The van der Waals surface area contributed by atoms with Gasteiger partial charge in [0.1, 0.15) is 5.56 Å². The zero-order valence-corrected chi connectivity index (χ0v) is 9.19. The summed E-state index contributed by atoms with van der Waals surface area (Å²) >= 11 is 0. The Balaban J connectivity index is 3.45. The molecule has 0 aliphatic heterocycles. The van der Waals surface area contributed by atoms with Gasteiger partial charge in [0.25, 0.3) is 0 Å². The van der Waals surface area contributed by atoms with E-state index in [9.17, 15) is 22.4 Å². The minimum Gasteiger partial charge on any atom is -0.490 e. The van der Waals surface area contributed by atoms with E-state index in [1.54, 1.807) is 0 Å². The fourth-order valence-electron chi connectivity index (χ4n) is 1.30. The van der Waals surface area contributed by atoms with E-state index in [-0.39, 0.29) is 12.2 Å². The molecule has 94 valence electrons. The van der Waals surface area contributed by atoms with E-state index in [0.29, 0.717) is 6.07 Å². The van der Waals surface area contributed by atoms with Crippen LogP contribution < -0.4 is 4.74 Å². The molecule has 0 heterocycles. The van der Waals surface area contributed by atoms with Crippen LogP contribution in [0.25, 0.3) is 0 Å². The number of halogens is 4. The first-order valence-corrected chi connectivity index (χ1v) is 4.81. The number of hydrogen-bond donors (Lipinski definition) is 0. The van der Waals surface area contributed by atoms with Crippen LogP contribution in [0.15, 0.2) is 12.1 Å². The first-order chi connectivity index (χ1) is 7.77. The van der Waals surface area contributed by atoms with Gasteiger partial charge in [-0.05, 0) is 26.0 Å². The molecule has 0 fully saturated rings. The van der Waals surface area contributed by atoms with Crippen LogP contribution in [-0.4, -0.2) is 12.4 Å². The molecule has 2 nitrogen and oxygen atoms in total. The van der Waals surface area contributed by atoms with Crippen molar-refractivity contribution in [3.8, 4) is 5.75 Å². The van der Waals surface area contributed by atoms with Gasteiger partial charge in [-0.15, -0.1) is 0 Å². The van der Waals surface area contributed by atoms with E-state index >= 15 is 0 Å². The predicted octanol–water partition coefficient (Wildman–Crippen LogP) is 3.45. The Hall–Kier alpha value is -1.59. The molecule has 0 saturated heterocycles. The molecule has 0 unspecified atom stereocenters. The average Bonchev–Trinajstić information content (AvgIpc) is 2.18. The average molecular weight is 250 g/mol. The predicted molar refractivity (Wildman–Crippen MR) is 52.6 cm³/mol. The van der Waals surface area contributed by atoms with Gasteiger partial charge in [-0.1, -0.05) is 0 Å². The van der Waals surface area contributed by atoms with Crippen LogP contribution in [0.5, 0.6) is 5.75 Å². The number of Topliss-reactive ketones (excluding diaryl/α,β-unsaturated/α-hetero) is 1. The number of alkyl halides is 3. The Morgan fingerprint density at radius 1 is 1.35 bits per heavy atom. The first-order valence-electron chi connectivity index (χ1n) is 4.81. The van der Waals surface area contributed by atoms with Gasteiger partial charge in [0, 0.05) is 5.56 Å². The van der Waals surface area contributed by atoms with Crippen molar-refractivity contribution < 1.29 is 27.1 Å². The summed E-state index contributed by atoms with van der Waals surface area (Å²) in [4.78, 5) is 11.0. The van der Waals surface area contributed by atoms with Crippen molar-refractivity contribution in [1.82, 2.24) is 0 Å². The summed E-state index contributed by atoms with van der Waals surface area (Å²) in [5.41, 5.74) is -1.61. The molecule has 0 saturated carbocycles. The SMILES string of the molecule is CCOc1c(F)cc(C(C)=O)cc1C(F)(F)F. The fraction of sp³-hybridized carbons (Fsp3) is 0.364. The maximum Gasteiger partial charge on any atom is 0.420 e. The van der Waals surface area contributed by atoms with Crippen molar-refractivity contribution in [2.24, 2.45) is 0 Å². The Bertz CT molecular complexity index is 438. The van der Waals surface area contributed by atoms with Crippen LogP contribution >= 0.6 is 0 Å². The van der Waals surface area contributed by atoms with Crippen molar-refractivity contribution in [3.63, 3.8) is 0 Å². The molecule has 0 aromatic heterocycles. The van der Waals surface area contributed by atoms with E-state index in [0.717, 1.165) is 13.0 Å². The Labute approximate surface area is 95.2 Å². The normalized spacial score (nSPS) is 11.4. The lowest BCUT2D eigenvalue weighted by atomic mass is 10.1. The highest BCUT2D eigenvalue weighted by molar-refractivity contribution is 5.94. The van der Waals surface area contributed by atoms with Gasteiger partial charge in [-0.3, -0.25) is 4.79 Å². The van der Waals surface area contributed by atoms with Crippen molar-refractivity contribution in [2.75, 3.05) is 6.61 Å². The van der Waals surface area contributed by atoms with Gasteiger partial charge in [0.15, 0.2) is 17.3 Å². The number of ether oxygens (including phenoxy) is 1. The standard InChI is InChI=1S/C11H10F4O2/c1-3-17-10-8(11(13,14)15)4-7(6(2)16)5-9(10)12/h4-5H,3H2,1-2H3. The molecule has 17 heavy (non-hydrogen) atoms. The van der Waals surface area contributed by atoms with Gasteiger partial charge in [0.2, 0.25) is 0 Å². The third-order valence-electron chi connectivity index (χ3n) is 2.04. The summed E-state index contributed by atoms with van der Waals surface area (Å²) in [6.45, 7) is 2.41. The molecule has 6 heteroatoms. The van der Waals surface area contributed by atoms with Crippen molar-refractivity contribution in [1.29, 1.82) is 0 Å². The Morgan fingerprint density at radius 3 is 2.35 bits per heavy atom. The minimum absolute atomic E-state index is 0.0978. The van der Waals surface area contributed by atoms with Gasteiger partial charge in [-0.25, -0.2) is 4.39 Å². The third kappa shape index (κ3) is 2.95. The molecule has 0 radical (unpaired) electrons. The third-order valence-corrected chi connectivity index (χ3v) is 2.04. The highest BCUT2D eigenvalue weighted by Crippen LogP contribution is 2.38. The topological polar surface area (TPSA) is 26.3 Å². The smallest absolute Gasteiger partial charge is 0.420 e. The van der Waals surface area contributed by atoms with Crippen molar-refractivity contribution in [3.05, 3.63) is 29.1 Å². The maximum atomic E-state index is 13.4. The van der Waals surface area contributed by atoms with Crippen LogP contribution in [-0.2, 0) is 6.18 Å². The highest BCUT2D eigenvalue weighted by atomic mass is 19.4. The molecule has 1 rings (SSSR count). The van der Waals surface area contributed by atoms with Gasteiger partial charge in [-0.2, -0.15) is 13.2 Å². The van der Waals surface area contributed by atoms with Crippen LogP contribution in [0.3, 0.4) is 0 Å². The second kappa shape index (κ2) is 4.73. The van der Waals surface area contributed by atoms with Gasteiger partial charge in [0.05, 0.1) is 6.61 Å². The number of ketones is 1. The lowest BCUT2D eigenvalue weighted by Gasteiger charge is -2.14. The van der Waals surface area contributed by atoms with Crippen LogP contribution in [0, 0.1) is 5.82 Å². The number of carbonyl (C=O) groups excluding carboxylic acids is 1. The zero-order chi connectivity index (χ0) is 13.2. The molecule has 0 N–H and O–H groups in total. The molecular weight excluding hydrogens is 240 g/mol. The van der Waals surface area contributed by atoms with Crippen molar-refractivity contribution in [2.45, 2.75) is 20.0 Å². The summed E-state index contributed by atoms with van der Waals surface area (Å²) < 4.78 is 55.9. The molecule has 0 atom stereocenters. The molecule has 0 spiro atoms. The number of benzene rings is 1. The largest absolute Gasteiger partial charge is 0.490 e. The Kier molecular flexibility index (Phi) is 3.75. The summed E-state index contributed by atoms with van der Waals surface area (Å²) in [7, 11) is 0. The van der Waals surface area contributed by atoms with Gasteiger partial charge < -0.3 is 4.74 Å². The summed E-state index contributed by atoms with van der Waals surface area (Å²) in [5.74, 6) is -2.70. The van der Waals surface area contributed by atoms with Gasteiger partial charge >= 0.3 is 6.18 Å². The van der Waals surface area contributed by atoms with E-state index in [4.69, 9.17) is 0 Å². The lowest BCUT2D eigenvalue weighted by Crippen LogP contribution is -2.12. The Morgan fingerprint density at radius 2 is 1.94 bits per heavy atom. The molecule has 0 aliphatic rings. The lowest BCUT2D eigenvalue weighted by molar-refractivity contribution is -0.139. The second-order valence-electron chi connectivity index (χ2n) is 3.32. The molecule has 1 aromatic rings. The number of carbonyl (C=O) groups is 1. The summed E-state index contributed by atoms with van der Waals surface area (Å²) in [5, 5.41) is 0. The van der Waals surface area contributed by atoms with E-state index in [2.05, 4.69) is 4.74 Å². The van der Waals surface area contributed by atoms with Crippen molar-refractivity contribution >= 4 is 5.78 Å². The highest BCUT2D eigenvalue weighted by Gasteiger charge is 2.36. The maximum absolute atomic E-state index is 13.4. The molecule has 1 aromatic carbocycles. The first kappa shape index (κ1) is 13.5. The van der Waals surface area contributed by atoms with E-state index in [1.807, 2.05) is 0 Å². The van der Waals surface area contributed by atoms with Crippen LogP contribution in [0.1, 0.15) is 29.8 Å². The van der Waals surface area contributed by atoms with E-state index in [1.165, 1.54) is 6.92 Å².